The zero-order valence-corrected chi connectivity index (χ0v) is 12.0. The maximum atomic E-state index is 11.0. The molecule has 1 atom stereocenters. The number of hydrogen-bond donors (Lipinski definition) is 1. The van der Waals surface area contributed by atoms with Gasteiger partial charge < -0.3 is 10.5 Å². The fraction of sp³-hybridized carbons (Fsp3) is 0.455. The highest BCUT2D eigenvalue weighted by Crippen LogP contribution is 2.16. The normalized spacial score (nSPS) is 12.2. The minimum atomic E-state index is -0.520. The lowest BCUT2D eigenvalue weighted by Crippen LogP contribution is -2.31. The predicted octanol–water partition coefficient (Wildman–Crippen LogP) is 1.97. The van der Waals surface area contributed by atoms with Crippen molar-refractivity contribution in [3.8, 4) is 0 Å². The molecule has 0 aliphatic carbocycles. The lowest BCUT2D eigenvalue weighted by molar-refractivity contribution is -0.142. The highest BCUT2D eigenvalue weighted by Gasteiger charge is 2.12. The van der Waals surface area contributed by atoms with Crippen LogP contribution in [-0.4, -0.2) is 29.9 Å². The van der Waals surface area contributed by atoms with Crippen LogP contribution in [0.2, 0.25) is 0 Å². The molecule has 1 aromatic heterocycles. The van der Waals surface area contributed by atoms with Gasteiger partial charge in [-0.25, -0.2) is 0 Å². The summed E-state index contributed by atoms with van der Waals surface area (Å²) in [6.45, 7) is 0. The molecular weight excluding hydrogens is 304 g/mol. The molecule has 0 aliphatic heterocycles. The fourth-order valence-electron chi connectivity index (χ4n) is 1.20. The Hall–Kier alpha value is -0.590. The number of ether oxygens (including phenoxy) is 1. The molecule has 94 valence electrons. The highest BCUT2D eigenvalue weighted by molar-refractivity contribution is 9.10. The Bertz CT molecular complexity index is 376. The van der Waals surface area contributed by atoms with Crippen LogP contribution in [0, 0.1) is 0 Å². The lowest BCUT2D eigenvalue weighted by Gasteiger charge is -2.08. The monoisotopic (exact) mass is 318 g/mol. The van der Waals surface area contributed by atoms with Crippen LogP contribution < -0.4 is 5.73 Å². The van der Waals surface area contributed by atoms with Crippen molar-refractivity contribution in [1.82, 2.24) is 4.98 Å². The van der Waals surface area contributed by atoms with E-state index in [1.165, 1.54) is 7.11 Å². The first kappa shape index (κ1) is 14.5. The molecule has 0 saturated heterocycles. The van der Waals surface area contributed by atoms with Crippen LogP contribution in [0.25, 0.3) is 0 Å². The van der Waals surface area contributed by atoms with Gasteiger partial charge in [0.15, 0.2) is 0 Å². The van der Waals surface area contributed by atoms with Crippen LogP contribution in [-0.2, 0) is 15.3 Å². The van der Waals surface area contributed by atoms with Gasteiger partial charge in [0.05, 0.1) is 7.11 Å². The van der Waals surface area contributed by atoms with E-state index in [1.807, 2.05) is 12.3 Å². The fourth-order valence-corrected chi connectivity index (χ4v) is 2.58. The van der Waals surface area contributed by atoms with Crippen molar-refractivity contribution >= 4 is 33.7 Å². The molecule has 0 spiro atoms. The summed E-state index contributed by atoms with van der Waals surface area (Å²) in [6.07, 6.45) is 4.21. The Morgan fingerprint density at radius 3 is 3.06 bits per heavy atom. The summed E-state index contributed by atoms with van der Waals surface area (Å²) in [4.78, 5) is 15.1. The summed E-state index contributed by atoms with van der Waals surface area (Å²) in [7, 11) is 1.35. The van der Waals surface area contributed by atoms with E-state index in [0.717, 1.165) is 21.5 Å². The van der Waals surface area contributed by atoms with Gasteiger partial charge in [0.2, 0.25) is 0 Å². The molecular formula is C11H15BrN2O2S. The molecule has 6 heteroatoms. The topological polar surface area (TPSA) is 65.2 Å². The molecule has 1 rings (SSSR count). The number of thioether (sulfide) groups is 1. The SMILES string of the molecule is COC(=O)C(N)CCSCc1cncc(Br)c1. The third-order valence-corrected chi connectivity index (χ3v) is 3.60. The van der Waals surface area contributed by atoms with Gasteiger partial charge in [0, 0.05) is 22.6 Å². The summed E-state index contributed by atoms with van der Waals surface area (Å²) in [5.74, 6) is 1.33. The molecule has 1 unspecified atom stereocenters. The summed E-state index contributed by atoms with van der Waals surface area (Å²) in [6, 6.07) is 1.51. The number of pyridine rings is 1. The van der Waals surface area contributed by atoms with Crippen molar-refractivity contribution in [2.24, 2.45) is 5.73 Å². The number of esters is 1. The molecule has 1 aromatic rings. The van der Waals surface area contributed by atoms with E-state index in [0.29, 0.717) is 6.42 Å². The Kier molecular flexibility index (Phi) is 6.54. The van der Waals surface area contributed by atoms with E-state index >= 15 is 0 Å². The standard InChI is InChI=1S/C11H15BrN2O2S/c1-16-11(15)10(13)2-3-17-7-8-4-9(12)6-14-5-8/h4-6,10H,2-3,7,13H2,1H3. The average Bonchev–Trinajstić information content (AvgIpc) is 2.33. The average molecular weight is 319 g/mol. The second-order valence-corrected chi connectivity index (χ2v) is 5.50. The van der Waals surface area contributed by atoms with Gasteiger partial charge in [-0.2, -0.15) is 11.8 Å². The van der Waals surface area contributed by atoms with Gasteiger partial charge in [-0.15, -0.1) is 0 Å². The molecule has 0 aliphatic rings. The molecule has 0 saturated carbocycles. The third-order valence-electron chi connectivity index (χ3n) is 2.11. The number of rotatable bonds is 6. The van der Waals surface area contributed by atoms with Crippen LogP contribution in [0.3, 0.4) is 0 Å². The Labute approximate surface area is 113 Å². The van der Waals surface area contributed by atoms with E-state index in [-0.39, 0.29) is 5.97 Å². The molecule has 0 fully saturated rings. The van der Waals surface area contributed by atoms with Crippen molar-refractivity contribution in [1.29, 1.82) is 0 Å². The maximum Gasteiger partial charge on any atom is 0.322 e. The van der Waals surface area contributed by atoms with Crippen molar-refractivity contribution in [2.45, 2.75) is 18.2 Å². The van der Waals surface area contributed by atoms with Gasteiger partial charge >= 0.3 is 5.97 Å². The Balaban J connectivity index is 2.22. The summed E-state index contributed by atoms with van der Waals surface area (Å²) in [5, 5.41) is 0. The van der Waals surface area contributed by atoms with Crippen molar-refractivity contribution in [3.05, 3.63) is 28.5 Å². The number of carbonyl (C=O) groups excluding carboxylic acids is 1. The summed E-state index contributed by atoms with van der Waals surface area (Å²) in [5.41, 5.74) is 6.77. The van der Waals surface area contributed by atoms with E-state index < -0.39 is 6.04 Å². The maximum absolute atomic E-state index is 11.0. The van der Waals surface area contributed by atoms with Gasteiger partial charge in [-0.05, 0) is 39.7 Å². The molecule has 0 aromatic carbocycles. The number of nitrogens with zero attached hydrogens (tertiary/aromatic N) is 1. The molecule has 2 N–H and O–H groups in total. The van der Waals surface area contributed by atoms with Crippen molar-refractivity contribution < 1.29 is 9.53 Å². The number of carbonyl (C=O) groups is 1. The van der Waals surface area contributed by atoms with E-state index in [9.17, 15) is 4.79 Å². The first-order valence-corrected chi connectivity index (χ1v) is 7.09. The van der Waals surface area contributed by atoms with Gasteiger partial charge in [-0.1, -0.05) is 0 Å². The summed E-state index contributed by atoms with van der Waals surface area (Å²) >= 11 is 5.09. The predicted molar refractivity (Wildman–Crippen MR) is 72.7 cm³/mol. The smallest absolute Gasteiger partial charge is 0.322 e. The second kappa shape index (κ2) is 7.68. The number of methoxy groups -OCH3 is 1. The third kappa shape index (κ3) is 5.52. The number of nitrogens with two attached hydrogens (primary N) is 1. The molecule has 0 radical (unpaired) electrons. The largest absolute Gasteiger partial charge is 0.468 e. The molecule has 17 heavy (non-hydrogen) atoms. The zero-order chi connectivity index (χ0) is 12.7. The first-order valence-electron chi connectivity index (χ1n) is 5.14. The van der Waals surface area contributed by atoms with E-state index in [4.69, 9.17) is 5.73 Å². The molecule has 0 amide bonds. The minimum Gasteiger partial charge on any atom is -0.468 e. The quantitative estimate of drug-likeness (QED) is 0.641. The highest BCUT2D eigenvalue weighted by atomic mass is 79.9. The molecule has 0 bridgehead atoms. The van der Waals surface area contributed by atoms with Crippen LogP contribution >= 0.6 is 27.7 Å². The minimum absolute atomic E-state index is 0.352. The Morgan fingerprint density at radius 2 is 2.41 bits per heavy atom. The van der Waals surface area contributed by atoms with Gasteiger partial charge in [-0.3, -0.25) is 9.78 Å². The van der Waals surface area contributed by atoms with Gasteiger partial charge in [0.1, 0.15) is 6.04 Å². The number of hydrogen-bond acceptors (Lipinski definition) is 5. The molecule has 1 heterocycles. The van der Waals surface area contributed by atoms with Crippen molar-refractivity contribution in [2.75, 3.05) is 12.9 Å². The van der Waals surface area contributed by atoms with Gasteiger partial charge in [0.25, 0.3) is 0 Å². The number of halogens is 1. The van der Waals surface area contributed by atoms with Crippen LogP contribution in [0.4, 0.5) is 0 Å². The van der Waals surface area contributed by atoms with Crippen LogP contribution in [0.15, 0.2) is 22.9 Å². The zero-order valence-electron chi connectivity index (χ0n) is 9.56. The van der Waals surface area contributed by atoms with Crippen LogP contribution in [0.1, 0.15) is 12.0 Å². The molecule has 4 nitrogen and oxygen atoms in total. The van der Waals surface area contributed by atoms with E-state index in [1.54, 1.807) is 18.0 Å². The lowest BCUT2D eigenvalue weighted by atomic mass is 10.2. The Morgan fingerprint density at radius 1 is 1.65 bits per heavy atom. The van der Waals surface area contributed by atoms with Crippen LogP contribution in [0.5, 0.6) is 0 Å². The summed E-state index contributed by atoms with van der Waals surface area (Å²) < 4.78 is 5.53. The first-order chi connectivity index (χ1) is 8.13. The number of aromatic nitrogens is 1. The van der Waals surface area contributed by atoms with Crippen molar-refractivity contribution in [3.63, 3.8) is 0 Å². The van der Waals surface area contributed by atoms with E-state index in [2.05, 4.69) is 25.7 Å². The second-order valence-electron chi connectivity index (χ2n) is 3.48.